The van der Waals surface area contributed by atoms with Crippen LogP contribution in [0, 0.1) is 6.92 Å². The van der Waals surface area contributed by atoms with Crippen molar-refractivity contribution in [3.63, 3.8) is 0 Å². The van der Waals surface area contributed by atoms with E-state index in [-0.39, 0.29) is 11.5 Å². The Hall–Kier alpha value is -3.60. The molecule has 0 aromatic heterocycles. The number of benzene rings is 3. The molecule has 0 aliphatic rings. The maximum atomic E-state index is 13.0. The number of nitrogens with one attached hydrogen (secondary N) is 1. The smallest absolute Gasteiger partial charge is 0.328 e. The molecule has 0 heterocycles. The van der Waals surface area contributed by atoms with Crippen LogP contribution in [-0.4, -0.2) is 30.0 Å². The molecule has 3 aromatic carbocycles. The van der Waals surface area contributed by atoms with E-state index in [1.54, 1.807) is 54.6 Å². The molecule has 5 heteroatoms. The number of anilines is 1. The van der Waals surface area contributed by atoms with Crippen molar-refractivity contribution in [3.05, 3.63) is 95.1 Å². The van der Waals surface area contributed by atoms with Crippen molar-refractivity contribution in [1.29, 1.82) is 0 Å². The van der Waals surface area contributed by atoms with E-state index in [0.29, 0.717) is 23.2 Å². The van der Waals surface area contributed by atoms with Gasteiger partial charge in [-0.05, 0) is 36.8 Å². The van der Waals surface area contributed by atoms with Gasteiger partial charge in [-0.3, -0.25) is 4.79 Å². The highest BCUT2D eigenvalue weighted by molar-refractivity contribution is 6.12. The van der Waals surface area contributed by atoms with Crippen LogP contribution in [0.5, 0.6) is 5.75 Å². The molecule has 29 heavy (non-hydrogen) atoms. The predicted molar refractivity (Wildman–Crippen MR) is 112 cm³/mol. The number of para-hydroxylation sites is 1. The second-order valence-electron chi connectivity index (χ2n) is 6.83. The summed E-state index contributed by atoms with van der Waals surface area (Å²) in [5.41, 5.74) is 3.56. The average molecular weight is 389 g/mol. The lowest BCUT2D eigenvalue weighted by Crippen LogP contribution is -2.33. The van der Waals surface area contributed by atoms with Gasteiger partial charge in [0.2, 0.25) is 0 Å². The van der Waals surface area contributed by atoms with Gasteiger partial charge < -0.3 is 15.2 Å². The number of phenols is 1. The summed E-state index contributed by atoms with van der Waals surface area (Å²) in [7, 11) is 1.33. The number of aryl methyl sites for hydroxylation is 1. The molecule has 0 saturated heterocycles. The van der Waals surface area contributed by atoms with E-state index in [9.17, 15) is 14.7 Å². The van der Waals surface area contributed by atoms with Crippen LogP contribution in [0.1, 0.15) is 27.0 Å². The largest absolute Gasteiger partial charge is 0.508 e. The predicted octanol–water partition coefficient (Wildman–Crippen LogP) is 4.13. The van der Waals surface area contributed by atoms with E-state index in [2.05, 4.69) is 5.32 Å². The molecule has 0 aliphatic carbocycles. The fourth-order valence-corrected chi connectivity index (χ4v) is 3.06. The first-order valence-corrected chi connectivity index (χ1v) is 9.30. The van der Waals surface area contributed by atoms with Gasteiger partial charge in [0.25, 0.3) is 0 Å². The fraction of sp³-hybridized carbons (Fsp3) is 0.167. The average Bonchev–Trinajstić information content (AvgIpc) is 2.74. The molecule has 0 saturated carbocycles. The Morgan fingerprint density at radius 2 is 1.62 bits per heavy atom. The lowest BCUT2D eigenvalue weighted by atomic mass is 9.99. The number of methoxy groups -OCH3 is 1. The Labute approximate surface area is 170 Å². The third-order valence-electron chi connectivity index (χ3n) is 4.68. The van der Waals surface area contributed by atoms with Crippen LogP contribution in [-0.2, 0) is 16.0 Å². The zero-order valence-electron chi connectivity index (χ0n) is 16.4. The number of phenolic OH excluding ortho intramolecular Hbond substituents is 1. The molecule has 0 bridgehead atoms. The first-order valence-electron chi connectivity index (χ1n) is 9.30. The van der Waals surface area contributed by atoms with Crippen molar-refractivity contribution >= 4 is 17.4 Å². The summed E-state index contributed by atoms with van der Waals surface area (Å²) < 4.78 is 4.94. The number of esters is 1. The number of ether oxygens (including phenoxy) is 1. The van der Waals surface area contributed by atoms with Gasteiger partial charge in [0.15, 0.2) is 5.78 Å². The second-order valence-corrected chi connectivity index (χ2v) is 6.83. The summed E-state index contributed by atoms with van der Waals surface area (Å²) in [6.07, 6.45) is 0.347. The van der Waals surface area contributed by atoms with Crippen molar-refractivity contribution in [3.8, 4) is 5.75 Å². The molecule has 0 spiro atoms. The lowest BCUT2D eigenvalue weighted by Gasteiger charge is -2.20. The first kappa shape index (κ1) is 20.1. The summed E-state index contributed by atoms with van der Waals surface area (Å²) in [5.74, 6) is -0.401. The van der Waals surface area contributed by atoms with E-state index in [1.807, 2.05) is 25.1 Å². The molecule has 148 valence electrons. The van der Waals surface area contributed by atoms with Gasteiger partial charge in [0, 0.05) is 23.2 Å². The Balaban J connectivity index is 1.88. The normalized spacial score (nSPS) is 11.5. The van der Waals surface area contributed by atoms with Crippen LogP contribution < -0.4 is 5.32 Å². The number of hydrogen-bond donors (Lipinski definition) is 2. The Kier molecular flexibility index (Phi) is 6.29. The summed E-state index contributed by atoms with van der Waals surface area (Å²) in [6.45, 7) is 1.97. The van der Waals surface area contributed by atoms with Crippen LogP contribution in [0.25, 0.3) is 0 Å². The summed E-state index contributed by atoms with van der Waals surface area (Å²) in [6, 6.07) is 20.4. The molecule has 5 nitrogen and oxygen atoms in total. The van der Waals surface area contributed by atoms with Crippen LogP contribution >= 0.6 is 0 Å². The Morgan fingerprint density at radius 3 is 2.28 bits per heavy atom. The number of rotatable bonds is 7. The van der Waals surface area contributed by atoms with Crippen molar-refractivity contribution in [2.24, 2.45) is 0 Å². The monoisotopic (exact) mass is 389 g/mol. The van der Waals surface area contributed by atoms with Crippen LogP contribution in [0.3, 0.4) is 0 Å². The number of hydrogen-bond acceptors (Lipinski definition) is 5. The van der Waals surface area contributed by atoms with E-state index in [1.165, 1.54) is 7.11 Å². The minimum Gasteiger partial charge on any atom is -0.508 e. The molecule has 1 atom stereocenters. The molecule has 3 aromatic rings. The first-order chi connectivity index (χ1) is 14.0. The summed E-state index contributed by atoms with van der Waals surface area (Å²) in [5, 5.41) is 12.6. The van der Waals surface area contributed by atoms with Gasteiger partial charge in [-0.25, -0.2) is 4.79 Å². The van der Waals surface area contributed by atoms with Crippen molar-refractivity contribution in [1.82, 2.24) is 0 Å². The SMILES string of the molecule is COC(=O)C(Cc1ccc(O)cc1)Nc1ccccc1C(=O)c1ccc(C)cc1. The van der Waals surface area contributed by atoms with Crippen molar-refractivity contribution in [2.75, 3.05) is 12.4 Å². The maximum Gasteiger partial charge on any atom is 0.328 e. The van der Waals surface area contributed by atoms with Gasteiger partial charge in [-0.15, -0.1) is 0 Å². The van der Waals surface area contributed by atoms with Gasteiger partial charge in [-0.2, -0.15) is 0 Å². The number of carbonyl (C=O) groups is 2. The third kappa shape index (κ3) is 5.02. The quantitative estimate of drug-likeness (QED) is 0.469. The van der Waals surface area contributed by atoms with E-state index >= 15 is 0 Å². The minimum absolute atomic E-state index is 0.124. The highest BCUT2D eigenvalue weighted by atomic mass is 16.5. The van der Waals surface area contributed by atoms with Crippen LogP contribution in [0.2, 0.25) is 0 Å². The maximum absolute atomic E-state index is 13.0. The van der Waals surface area contributed by atoms with Gasteiger partial charge in [-0.1, -0.05) is 54.1 Å². The van der Waals surface area contributed by atoms with E-state index in [4.69, 9.17) is 4.74 Å². The number of carbonyl (C=O) groups excluding carboxylic acids is 2. The highest BCUT2D eigenvalue weighted by Gasteiger charge is 2.22. The number of aromatic hydroxyl groups is 1. The van der Waals surface area contributed by atoms with Gasteiger partial charge in [0.1, 0.15) is 11.8 Å². The van der Waals surface area contributed by atoms with Gasteiger partial charge in [0.05, 0.1) is 7.11 Å². The van der Waals surface area contributed by atoms with E-state index < -0.39 is 12.0 Å². The van der Waals surface area contributed by atoms with Crippen molar-refractivity contribution in [2.45, 2.75) is 19.4 Å². The van der Waals surface area contributed by atoms with Crippen molar-refractivity contribution < 1.29 is 19.4 Å². The molecule has 0 aliphatic heterocycles. The Bertz CT molecular complexity index is 994. The van der Waals surface area contributed by atoms with Gasteiger partial charge >= 0.3 is 5.97 Å². The fourth-order valence-electron chi connectivity index (χ4n) is 3.06. The zero-order valence-corrected chi connectivity index (χ0v) is 16.4. The molecule has 3 rings (SSSR count). The molecule has 1 unspecified atom stereocenters. The van der Waals surface area contributed by atoms with Crippen LogP contribution in [0.4, 0.5) is 5.69 Å². The molecule has 2 N–H and O–H groups in total. The highest BCUT2D eigenvalue weighted by Crippen LogP contribution is 2.22. The molecular formula is C24H23NO4. The number of ketones is 1. The summed E-state index contributed by atoms with van der Waals surface area (Å²) in [4.78, 5) is 25.4. The molecule has 0 amide bonds. The van der Waals surface area contributed by atoms with E-state index in [0.717, 1.165) is 11.1 Å². The molecule has 0 radical (unpaired) electrons. The minimum atomic E-state index is -0.684. The second kappa shape index (κ2) is 9.06. The third-order valence-corrected chi connectivity index (χ3v) is 4.68. The lowest BCUT2D eigenvalue weighted by molar-refractivity contribution is -0.141. The Morgan fingerprint density at radius 1 is 0.966 bits per heavy atom. The van der Waals surface area contributed by atoms with Crippen LogP contribution in [0.15, 0.2) is 72.8 Å². The standard InChI is InChI=1S/C24H23NO4/c1-16-7-11-18(12-8-16)23(27)20-5-3-4-6-21(20)25-22(24(28)29-2)15-17-9-13-19(26)14-10-17/h3-14,22,25-26H,15H2,1-2H3. The molecular weight excluding hydrogens is 366 g/mol. The molecule has 0 fully saturated rings. The topological polar surface area (TPSA) is 75.6 Å². The zero-order chi connectivity index (χ0) is 20.8. The summed E-state index contributed by atoms with van der Waals surface area (Å²) >= 11 is 0.